The highest BCUT2D eigenvalue weighted by molar-refractivity contribution is 7.50. The van der Waals surface area contributed by atoms with Crippen LogP contribution in [0, 0.1) is 0 Å². The molecule has 1 aromatic heterocycles. The number of thiazole rings is 1. The first-order valence-corrected chi connectivity index (χ1v) is 9.99. The lowest BCUT2D eigenvalue weighted by atomic mass is 10.2. The average Bonchev–Trinajstić information content (AvgIpc) is 2.99. The van der Waals surface area contributed by atoms with E-state index in [2.05, 4.69) is 10.3 Å². The summed E-state index contributed by atoms with van der Waals surface area (Å²) in [7, 11) is -4.69. The summed E-state index contributed by atoms with van der Waals surface area (Å²) < 4.78 is 16.6. The molecule has 0 aliphatic heterocycles. The number of carbonyl (C=O) groups excluding carboxylic acids is 2. The highest BCUT2D eigenvalue weighted by Gasteiger charge is 2.18. The number of benzene rings is 2. The Hall–Kier alpha value is -2.78. The van der Waals surface area contributed by atoms with Gasteiger partial charge in [-0.15, -0.1) is 0 Å². The van der Waals surface area contributed by atoms with E-state index in [1.54, 1.807) is 18.2 Å². The molecule has 3 rings (SSSR count). The van der Waals surface area contributed by atoms with Crippen molar-refractivity contribution in [3.63, 3.8) is 0 Å². The van der Waals surface area contributed by atoms with Crippen molar-refractivity contribution in [1.29, 1.82) is 0 Å². The third-order valence-corrected chi connectivity index (χ3v) is 4.73. The Bertz CT molecular complexity index is 1030. The lowest BCUT2D eigenvalue weighted by Crippen LogP contribution is -2.25. The van der Waals surface area contributed by atoms with E-state index in [1.165, 1.54) is 5.09 Å². The number of hydrogen-bond donors (Lipinski definition) is 4. The van der Waals surface area contributed by atoms with Crippen LogP contribution < -0.4 is 10.4 Å². The molecule has 2 amide bonds. The normalized spacial score (nSPS) is 11.2. The third-order valence-electron chi connectivity index (χ3n) is 3.30. The maximum Gasteiger partial charge on any atom is 0.431 e. The van der Waals surface area contributed by atoms with E-state index >= 15 is 0 Å². The second-order valence-electron chi connectivity index (χ2n) is 5.37. The molecule has 0 atom stereocenters. The molecule has 3 aromatic rings. The highest BCUT2D eigenvalue weighted by Crippen LogP contribution is 2.30. The molecule has 0 aliphatic rings. The zero-order valence-corrected chi connectivity index (χ0v) is 15.4. The van der Waals surface area contributed by atoms with E-state index in [0.717, 1.165) is 16.9 Å². The number of hydrogen-bond acceptors (Lipinski definition) is 6. The average molecular weight is 407 g/mol. The summed E-state index contributed by atoms with van der Waals surface area (Å²) in [6.07, 6.45) is 0. The maximum absolute atomic E-state index is 12.2. The van der Waals surface area contributed by atoms with Crippen LogP contribution in [0.15, 0.2) is 48.5 Å². The number of carbonyl (C=O) groups is 2. The van der Waals surface area contributed by atoms with Crippen LogP contribution in [0.3, 0.4) is 0 Å². The first kappa shape index (κ1) is 19.0. The number of nitrogens with one attached hydrogen (secondary N) is 2. The van der Waals surface area contributed by atoms with Crippen LogP contribution in [-0.4, -0.2) is 26.8 Å². The van der Waals surface area contributed by atoms with E-state index in [0.29, 0.717) is 15.8 Å². The summed E-state index contributed by atoms with van der Waals surface area (Å²) in [4.78, 5) is 45.2. The molecule has 0 spiro atoms. The van der Waals surface area contributed by atoms with E-state index in [-0.39, 0.29) is 11.7 Å². The van der Waals surface area contributed by atoms with Gasteiger partial charge in [-0.25, -0.2) is 24.2 Å². The summed E-state index contributed by atoms with van der Waals surface area (Å²) in [5, 5.41) is 3.85. The van der Waals surface area contributed by atoms with Crippen LogP contribution in [0.2, 0.25) is 0 Å². The smallest absolute Gasteiger partial charge is 0.431 e. The first-order valence-electron chi connectivity index (χ1n) is 7.56. The number of aromatic nitrogens is 1. The van der Waals surface area contributed by atoms with Gasteiger partial charge in [0.2, 0.25) is 0 Å². The Balaban J connectivity index is 1.69. The summed E-state index contributed by atoms with van der Waals surface area (Å²) in [5.74, 6) is -0.497. The predicted molar refractivity (Wildman–Crippen MR) is 99.4 cm³/mol. The Kier molecular flexibility index (Phi) is 5.52. The second-order valence-corrected chi connectivity index (χ2v) is 7.72. The topological polar surface area (TPSA) is 138 Å². The van der Waals surface area contributed by atoms with Crippen molar-refractivity contribution < 1.29 is 28.7 Å². The monoisotopic (exact) mass is 407 g/mol. The molecule has 0 bridgehead atoms. The van der Waals surface area contributed by atoms with Crippen LogP contribution in [-0.2, 0) is 15.9 Å². The summed E-state index contributed by atoms with van der Waals surface area (Å²) >= 11 is 1.05. The quantitative estimate of drug-likeness (QED) is 0.377. The summed E-state index contributed by atoms with van der Waals surface area (Å²) in [5.41, 5.74) is 1.71. The predicted octanol–water partition coefficient (Wildman–Crippen LogP) is 2.87. The molecule has 0 unspecified atom stereocenters. The number of ether oxygens (including phenoxy) is 1. The molecule has 2 aromatic carbocycles. The Labute approximate surface area is 157 Å². The van der Waals surface area contributed by atoms with E-state index < -0.39 is 19.7 Å². The van der Waals surface area contributed by atoms with Gasteiger partial charge in [0, 0.05) is 0 Å². The molecular weight excluding hydrogens is 393 g/mol. The molecule has 9 nitrogen and oxygen atoms in total. The number of nitrogens with zero attached hydrogens (tertiary/aromatic N) is 1. The van der Waals surface area contributed by atoms with Gasteiger partial charge in [0.1, 0.15) is 6.61 Å². The van der Waals surface area contributed by atoms with Gasteiger partial charge in [-0.1, -0.05) is 41.7 Å². The lowest BCUT2D eigenvalue weighted by Gasteiger charge is -2.05. The standard InChI is InChI=1S/C16H14N3O6PS/c20-14(25-9-10-4-2-1-3-5-10)11-6-7-12-13(8-11)27-16(17-12)18-15(21)19-26(22,23)24/h1-8H,9H2,(H4,17,18,19,21,22,23,24). The zero-order chi connectivity index (χ0) is 19.4. The van der Waals surface area contributed by atoms with Crippen LogP contribution in [0.25, 0.3) is 10.2 Å². The zero-order valence-electron chi connectivity index (χ0n) is 13.7. The number of fused-ring (bicyclic) bond motifs is 1. The summed E-state index contributed by atoms with van der Waals surface area (Å²) in [6, 6.07) is 12.9. The minimum atomic E-state index is -4.69. The van der Waals surface area contributed by atoms with E-state index in [1.807, 2.05) is 30.3 Å². The fourth-order valence-electron chi connectivity index (χ4n) is 2.17. The SMILES string of the molecule is O=C(Nc1nc2ccc(C(=O)OCc3ccccc3)cc2s1)NP(=O)(O)O. The van der Waals surface area contributed by atoms with Crippen LogP contribution in [0.5, 0.6) is 0 Å². The molecule has 0 saturated carbocycles. The fraction of sp³-hybridized carbons (Fsp3) is 0.0625. The van der Waals surface area contributed by atoms with Gasteiger partial charge in [0.25, 0.3) is 0 Å². The molecule has 4 N–H and O–H groups in total. The van der Waals surface area contributed by atoms with E-state index in [9.17, 15) is 14.2 Å². The molecule has 1 heterocycles. The molecule has 0 fully saturated rings. The lowest BCUT2D eigenvalue weighted by molar-refractivity contribution is 0.0473. The molecule has 0 aliphatic carbocycles. The van der Waals surface area contributed by atoms with Gasteiger partial charge in [0.15, 0.2) is 5.13 Å². The number of urea groups is 1. The van der Waals surface area contributed by atoms with Crippen molar-refractivity contribution in [2.45, 2.75) is 6.61 Å². The highest BCUT2D eigenvalue weighted by atomic mass is 32.1. The van der Waals surface area contributed by atoms with Gasteiger partial charge < -0.3 is 14.5 Å². The Morgan fingerprint density at radius 2 is 1.89 bits per heavy atom. The number of anilines is 1. The molecule has 140 valence electrons. The minimum Gasteiger partial charge on any atom is -0.457 e. The number of esters is 1. The third kappa shape index (κ3) is 5.35. The summed E-state index contributed by atoms with van der Waals surface area (Å²) in [6.45, 7) is 0.149. The van der Waals surface area contributed by atoms with Crippen molar-refractivity contribution in [3.8, 4) is 0 Å². The van der Waals surface area contributed by atoms with E-state index in [4.69, 9.17) is 14.5 Å². The Morgan fingerprint density at radius 1 is 1.15 bits per heavy atom. The molecule has 27 heavy (non-hydrogen) atoms. The van der Waals surface area contributed by atoms with Crippen LogP contribution >= 0.6 is 19.1 Å². The van der Waals surface area contributed by atoms with Crippen molar-refractivity contribution in [2.24, 2.45) is 0 Å². The van der Waals surface area contributed by atoms with Gasteiger partial charge >= 0.3 is 19.7 Å². The molecular formula is C16H14N3O6PS. The van der Waals surface area contributed by atoms with Gasteiger partial charge in [-0.05, 0) is 23.8 Å². The van der Waals surface area contributed by atoms with Gasteiger partial charge in [-0.2, -0.15) is 0 Å². The van der Waals surface area contributed by atoms with Crippen molar-refractivity contribution in [1.82, 2.24) is 10.1 Å². The van der Waals surface area contributed by atoms with Gasteiger partial charge in [0.05, 0.1) is 15.8 Å². The largest absolute Gasteiger partial charge is 0.457 e. The maximum atomic E-state index is 12.2. The first-order chi connectivity index (χ1) is 12.8. The second kappa shape index (κ2) is 7.85. The van der Waals surface area contributed by atoms with Crippen molar-refractivity contribution in [3.05, 3.63) is 59.7 Å². The van der Waals surface area contributed by atoms with Crippen LogP contribution in [0.4, 0.5) is 9.93 Å². The fourth-order valence-corrected chi connectivity index (χ4v) is 3.39. The van der Waals surface area contributed by atoms with Crippen molar-refractivity contribution in [2.75, 3.05) is 5.32 Å². The molecule has 0 radical (unpaired) electrons. The minimum absolute atomic E-state index is 0.130. The van der Waals surface area contributed by atoms with Crippen molar-refractivity contribution >= 4 is 46.4 Å². The number of rotatable bonds is 5. The van der Waals surface area contributed by atoms with Gasteiger partial charge in [-0.3, -0.25) is 5.32 Å². The Morgan fingerprint density at radius 3 is 2.59 bits per heavy atom. The number of amides is 2. The molecule has 11 heteroatoms. The molecule has 0 saturated heterocycles. The van der Waals surface area contributed by atoms with Crippen LogP contribution in [0.1, 0.15) is 15.9 Å².